The number of aromatic nitrogens is 3. The van der Waals surface area contributed by atoms with Crippen molar-refractivity contribution in [3.63, 3.8) is 0 Å². The Labute approximate surface area is 228 Å². The van der Waals surface area contributed by atoms with Crippen molar-refractivity contribution in [1.82, 2.24) is 20.0 Å². The predicted octanol–water partition coefficient (Wildman–Crippen LogP) is 6.33. The number of rotatable bonds is 10. The molecule has 0 bridgehead atoms. The highest BCUT2D eigenvalue weighted by molar-refractivity contribution is 5.89. The first-order chi connectivity index (χ1) is 19.1. The molecule has 2 aromatic carbocycles. The van der Waals surface area contributed by atoms with E-state index in [1.807, 2.05) is 43.5 Å². The van der Waals surface area contributed by atoms with Gasteiger partial charge in [0.25, 0.3) is 0 Å². The van der Waals surface area contributed by atoms with Crippen LogP contribution in [0, 0.1) is 0 Å². The van der Waals surface area contributed by atoms with E-state index in [9.17, 15) is 4.79 Å². The maximum absolute atomic E-state index is 11.5. The molecule has 4 aromatic rings. The Balaban J connectivity index is 1.39. The molecular formula is C31H33N5O3. The first-order valence-electron chi connectivity index (χ1n) is 13.5. The van der Waals surface area contributed by atoms with Crippen molar-refractivity contribution < 1.29 is 9.26 Å². The van der Waals surface area contributed by atoms with Crippen LogP contribution in [0.3, 0.4) is 0 Å². The van der Waals surface area contributed by atoms with Gasteiger partial charge in [-0.25, -0.2) is 14.8 Å². The van der Waals surface area contributed by atoms with Crippen molar-refractivity contribution in [2.75, 3.05) is 13.2 Å². The average molecular weight is 524 g/mol. The second kappa shape index (κ2) is 11.9. The maximum atomic E-state index is 11.5. The molecule has 0 fully saturated rings. The number of ether oxygens (including phenoxy) is 1. The lowest BCUT2D eigenvalue weighted by molar-refractivity contribution is 0.327. The monoisotopic (exact) mass is 523 g/mol. The van der Waals surface area contributed by atoms with Crippen LogP contribution < -0.4 is 10.5 Å². The summed E-state index contributed by atoms with van der Waals surface area (Å²) in [7, 11) is 0. The topological polar surface area (TPSA) is 96.6 Å². The van der Waals surface area contributed by atoms with E-state index in [0.717, 1.165) is 66.1 Å². The molecule has 8 heteroatoms. The molecule has 5 rings (SSSR count). The van der Waals surface area contributed by atoms with Gasteiger partial charge in [0, 0.05) is 48.6 Å². The Morgan fingerprint density at radius 3 is 2.38 bits per heavy atom. The molecule has 39 heavy (non-hydrogen) atoms. The van der Waals surface area contributed by atoms with Crippen molar-refractivity contribution in [1.29, 1.82) is 0 Å². The maximum Gasteiger partial charge on any atom is 0.439 e. The minimum absolute atomic E-state index is 0.420. The predicted molar refractivity (Wildman–Crippen MR) is 153 cm³/mol. The number of hydrogen-bond donors (Lipinski definition) is 1. The molecule has 1 aliphatic rings. The molecule has 0 spiro atoms. The number of nitrogens with one attached hydrogen (secondary N) is 1. The Morgan fingerprint density at radius 2 is 1.74 bits per heavy atom. The average Bonchev–Trinajstić information content (AvgIpc) is 3.41. The summed E-state index contributed by atoms with van der Waals surface area (Å²) in [4.78, 5) is 26.1. The first kappa shape index (κ1) is 26.2. The number of nitrogens with zero attached hydrogens (tertiary/aromatic N) is 4. The molecule has 0 saturated carbocycles. The fourth-order valence-corrected chi connectivity index (χ4v) is 4.89. The van der Waals surface area contributed by atoms with Crippen molar-refractivity contribution in [3.8, 4) is 28.4 Å². The van der Waals surface area contributed by atoms with Crippen LogP contribution in [0.4, 0.5) is 0 Å². The smallest absolute Gasteiger partial charge is 0.439 e. The first-order valence-corrected chi connectivity index (χ1v) is 13.5. The van der Waals surface area contributed by atoms with Crippen LogP contribution in [0.25, 0.3) is 28.1 Å². The van der Waals surface area contributed by atoms with Gasteiger partial charge in [0.1, 0.15) is 5.84 Å². The van der Waals surface area contributed by atoms with Gasteiger partial charge in [0.15, 0.2) is 5.82 Å². The molecule has 3 heterocycles. The SMILES string of the molecule is CCCC1=NC(CC)=C(c2ccc(OCC)nc2)CN1Cc1ccc(-c2ccccc2-c2noc(=O)[nH]2)cc1. The summed E-state index contributed by atoms with van der Waals surface area (Å²) in [5, 5.41) is 3.87. The summed E-state index contributed by atoms with van der Waals surface area (Å²) >= 11 is 0. The highest BCUT2D eigenvalue weighted by Crippen LogP contribution is 2.32. The van der Waals surface area contributed by atoms with Gasteiger partial charge in [-0.15, -0.1) is 0 Å². The fraction of sp³-hybridized carbons (Fsp3) is 0.290. The van der Waals surface area contributed by atoms with Gasteiger partial charge in [-0.1, -0.05) is 67.5 Å². The molecule has 0 saturated heterocycles. The van der Waals surface area contributed by atoms with Gasteiger partial charge < -0.3 is 9.64 Å². The summed E-state index contributed by atoms with van der Waals surface area (Å²) in [5.41, 5.74) is 7.43. The zero-order chi connectivity index (χ0) is 27.2. The number of aliphatic imine (C=N–C) groups is 1. The molecule has 0 unspecified atom stereocenters. The van der Waals surface area contributed by atoms with Gasteiger partial charge in [0.05, 0.1) is 6.61 Å². The molecule has 0 radical (unpaired) electrons. The van der Waals surface area contributed by atoms with E-state index in [2.05, 4.69) is 64.2 Å². The van der Waals surface area contributed by atoms with E-state index < -0.39 is 5.76 Å². The largest absolute Gasteiger partial charge is 0.478 e. The Hall–Kier alpha value is -4.46. The summed E-state index contributed by atoms with van der Waals surface area (Å²) in [6, 6.07) is 20.4. The fourth-order valence-electron chi connectivity index (χ4n) is 4.89. The highest BCUT2D eigenvalue weighted by atomic mass is 16.5. The van der Waals surface area contributed by atoms with E-state index in [-0.39, 0.29) is 0 Å². The Morgan fingerprint density at radius 1 is 0.974 bits per heavy atom. The van der Waals surface area contributed by atoms with Crippen LogP contribution in [0.2, 0.25) is 0 Å². The summed E-state index contributed by atoms with van der Waals surface area (Å²) < 4.78 is 10.3. The van der Waals surface area contributed by atoms with E-state index in [0.29, 0.717) is 18.3 Å². The summed E-state index contributed by atoms with van der Waals surface area (Å²) in [5.74, 6) is 1.62. The van der Waals surface area contributed by atoms with E-state index in [1.165, 1.54) is 11.1 Å². The minimum atomic E-state index is -0.568. The van der Waals surface area contributed by atoms with Crippen LogP contribution in [-0.2, 0) is 6.54 Å². The van der Waals surface area contributed by atoms with Crippen molar-refractivity contribution in [3.05, 3.63) is 94.2 Å². The van der Waals surface area contributed by atoms with Gasteiger partial charge in [-0.2, -0.15) is 0 Å². The van der Waals surface area contributed by atoms with Gasteiger partial charge in [-0.3, -0.25) is 9.51 Å². The highest BCUT2D eigenvalue weighted by Gasteiger charge is 2.22. The van der Waals surface area contributed by atoms with Crippen molar-refractivity contribution in [2.45, 2.75) is 46.6 Å². The molecule has 200 valence electrons. The molecule has 0 aliphatic carbocycles. The van der Waals surface area contributed by atoms with Crippen LogP contribution in [0.15, 0.2) is 86.9 Å². The zero-order valence-corrected chi connectivity index (χ0v) is 22.6. The number of H-pyrrole nitrogens is 1. The molecule has 1 aliphatic heterocycles. The number of pyridine rings is 1. The number of benzene rings is 2. The minimum Gasteiger partial charge on any atom is -0.478 e. The van der Waals surface area contributed by atoms with Gasteiger partial charge in [-0.05, 0) is 48.1 Å². The lowest BCUT2D eigenvalue weighted by atomic mass is 9.97. The molecule has 8 nitrogen and oxygen atoms in total. The van der Waals surface area contributed by atoms with Crippen LogP contribution in [0.5, 0.6) is 5.88 Å². The Kier molecular flexibility index (Phi) is 8.01. The number of amidine groups is 1. The third-order valence-corrected chi connectivity index (χ3v) is 6.77. The summed E-state index contributed by atoms with van der Waals surface area (Å²) in [6.07, 6.45) is 4.73. The summed E-state index contributed by atoms with van der Waals surface area (Å²) in [6.45, 7) is 8.43. The van der Waals surface area contributed by atoms with Crippen LogP contribution >= 0.6 is 0 Å². The van der Waals surface area contributed by atoms with Crippen molar-refractivity contribution >= 4 is 11.4 Å². The molecule has 0 atom stereocenters. The second-order valence-corrected chi connectivity index (χ2v) is 9.42. The molecule has 1 N–H and O–H groups in total. The molecule has 0 amide bonds. The Bertz CT molecular complexity index is 1530. The normalized spacial score (nSPS) is 13.5. The van der Waals surface area contributed by atoms with Crippen LogP contribution in [-0.4, -0.2) is 39.0 Å². The third-order valence-electron chi connectivity index (χ3n) is 6.77. The zero-order valence-electron chi connectivity index (χ0n) is 22.6. The lowest BCUT2D eigenvalue weighted by Gasteiger charge is -2.32. The molecule has 2 aromatic heterocycles. The molecular weight excluding hydrogens is 490 g/mol. The number of hydrogen-bond acceptors (Lipinski definition) is 7. The quantitative estimate of drug-likeness (QED) is 0.261. The van der Waals surface area contributed by atoms with E-state index >= 15 is 0 Å². The third kappa shape index (κ3) is 5.85. The number of aromatic amines is 1. The second-order valence-electron chi connectivity index (χ2n) is 9.42. The van der Waals surface area contributed by atoms with E-state index in [4.69, 9.17) is 14.3 Å². The van der Waals surface area contributed by atoms with Gasteiger partial charge in [0.2, 0.25) is 5.88 Å². The van der Waals surface area contributed by atoms with Crippen LogP contribution in [0.1, 0.15) is 51.2 Å². The standard InChI is InChI=1S/C31H33N5O3/c1-4-9-28-33-27(5-2)26(23-16-17-29(32-18-23)38-6-3)20-36(28)19-21-12-14-22(15-13-21)24-10-7-8-11-25(24)30-34-31(37)39-35-30/h7-8,10-18H,4-6,9,19-20H2,1-3H3,(H,34,35,37). The van der Waals surface area contributed by atoms with Crippen molar-refractivity contribution in [2.24, 2.45) is 4.99 Å². The van der Waals surface area contributed by atoms with Gasteiger partial charge >= 0.3 is 5.76 Å². The lowest BCUT2D eigenvalue weighted by Crippen LogP contribution is -2.35. The van der Waals surface area contributed by atoms with E-state index in [1.54, 1.807) is 0 Å². The number of allylic oxidation sites excluding steroid dienone is 1.